The van der Waals surface area contributed by atoms with Crippen molar-refractivity contribution in [3.05, 3.63) is 71.8 Å². The molecule has 0 radical (unpaired) electrons. The predicted octanol–water partition coefficient (Wildman–Crippen LogP) is 3.53. The molecule has 0 bridgehead atoms. The molecular formula is C43H55N5O12. The smallest absolute Gasteiger partial charge is 0.410 e. The Labute approximate surface area is 349 Å². The topological polar surface area (TPSA) is 207 Å². The number of hydrogen-bond donors (Lipinski definition) is 2. The minimum absolute atomic E-state index is 0.114. The van der Waals surface area contributed by atoms with Crippen LogP contribution in [-0.2, 0) is 49.5 Å². The van der Waals surface area contributed by atoms with Crippen LogP contribution in [0.1, 0.15) is 88.6 Å². The summed E-state index contributed by atoms with van der Waals surface area (Å²) in [4.78, 5) is 110. The standard InChI is InChI=1S/C43H55N5O12/c1-28(44-36(50)32-19-11-12-22-46(32)38(52)33-20-13-24-48(33)42(56)60-43(2,3)4)37(51)47-23-14-21-34(47)40(54)57-26-31(45-41(55)59-25-29-15-7-5-8-16-29)39(53)58-27-35(49)30-17-9-6-10-18-30/h5-10,15-18,28,31-34H,11-14,19-27H2,1-4H3,(H,44,50)(H,45,55)/t28-,31-,32-,33-,34-/m0/s1. The molecule has 5 amide bonds. The minimum Gasteiger partial charge on any atom is -0.461 e. The van der Waals surface area contributed by atoms with E-state index in [4.69, 9.17) is 18.9 Å². The number of Topliss-reactive ketones (excluding diaryl/α,β-unsaturated/α-hetero) is 1. The van der Waals surface area contributed by atoms with Crippen LogP contribution in [-0.4, -0.2) is 131 Å². The number of benzene rings is 2. The van der Waals surface area contributed by atoms with Crippen molar-refractivity contribution in [2.45, 2.75) is 115 Å². The van der Waals surface area contributed by atoms with E-state index in [9.17, 15) is 38.4 Å². The summed E-state index contributed by atoms with van der Waals surface area (Å²) in [6.07, 6.45) is 1.88. The Morgan fingerprint density at radius 2 is 1.32 bits per heavy atom. The molecule has 5 rings (SSSR count). The van der Waals surface area contributed by atoms with E-state index in [1.54, 1.807) is 81.4 Å². The molecule has 2 aromatic carbocycles. The molecule has 0 spiro atoms. The quantitative estimate of drug-likeness (QED) is 0.159. The van der Waals surface area contributed by atoms with Crippen LogP contribution in [0.4, 0.5) is 9.59 Å². The predicted molar refractivity (Wildman–Crippen MR) is 214 cm³/mol. The fraction of sp³-hybridized carbons (Fsp3) is 0.535. The first-order valence-corrected chi connectivity index (χ1v) is 20.4. The van der Waals surface area contributed by atoms with Crippen LogP contribution in [0, 0.1) is 0 Å². The Morgan fingerprint density at radius 1 is 0.700 bits per heavy atom. The number of amides is 5. The molecule has 0 aromatic heterocycles. The van der Waals surface area contributed by atoms with Gasteiger partial charge in [-0.2, -0.15) is 0 Å². The van der Waals surface area contributed by atoms with Crippen LogP contribution in [0.3, 0.4) is 0 Å². The molecule has 2 N–H and O–H groups in total. The summed E-state index contributed by atoms with van der Waals surface area (Å²) in [6, 6.07) is 11.6. The van der Waals surface area contributed by atoms with Gasteiger partial charge in [-0.25, -0.2) is 19.2 Å². The van der Waals surface area contributed by atoms with E-state index >= 15 is 0 Å². The van der Waals surface area contributed by atoms with E-state index in [-0.39, 0.29) is 25.5 Å². The summed E-state index contributed by atoms with van der Waals surface area (Å²) in [5.41, 5.74) is 0.246. The highest BCUT2D eigenvalue weighted by molar-refractivity contribution is 5.98. The number of hydrogen-bond acceptors (Lipinski definition) is 12. The summed E-state index contributed by atoms with van der Waals surface area (Å²) in [7, 11) is 0. The molecular weight excluding hydrogens is 778 g/mol. The first-order valence-electron chi connectivity index (χ1n) is 20.4. The Balaban J connectivity index is 1.18. The van der Waals surface area contributed by atoms with Crippen molar-refractivity contribution in [1.29, 1.82) is 0 Å². The monoisotopic (exact) mass is 833 g/mol. The number of nitrogens with zero attached hydrogens (tertiary/aromatic N) is 3. The first kappa shape index (κ1) is 45.1. The molecule has 0 aliphatic carbocycles. The molecule has 60 heavy (non-hydrogen) atoms. The molecule has 3 aliphatic heterocycles. The van der Waals surface area contributed by atoms with Crippen molar-refractivity contribution in [2.75, 3.05) is 32.8 Å². The van der Waals surface area contributed by atoms with E-state index < -0.39 is 90.7 Å². The van der Waals surface area contributed by atoms with Gasteiger partial charge in [-0.3, -0.25) is 24.1 Å². The van der Waals surface area contributed by atoms with Gasteiger partial charge in [-0.15, -0.1) is 0 Å². The van der Waals surface area contributed by atoms with Crippen LogP contribution in [0.15, 0.2) is 60.7 Å². The minimum atomic E-state index is -1.56. The second kappa shape index (κ2) is 20.8. The molecule has 17 heteroatoms. The lowest BCUT2D eigenvalue weighted by molar-refractivity contribution is -0.157. The van der Waals surface area contributed by atoms with Crippen molar-refractivity contribution < 1.29 is 57.3 Å². The van der Waals surface area contributed by atoms with Crippen molar-refractivity contribution in [1.82, 2.24) is 25.3 Å². The maximum absolute atomic E-state index is 13.9. The Bertz CT molecular complexity index is 1870. The zero-order valence-electron chi connectivity index (χ0n) is 34.6. The molecule has 2 aromatic rings. The van der Waals surface area contributed by atoms with Crippen molar-refractivity contribution in [2.24, 2.45) is 0 Å². The summed E-state index contributed by atoms with van der Waals surface area (Å²) in [6.45, 7) is 6.15. The summed E-state index contributed by atoms with van der Waals surface area (Å²) in [5, 5.41) is 5.08. The summed E-state index contributed by atoms with van der Waals surface area (Å²) >= 11 is 0. The van der Waals surface area contributed by atoms with E-state index in [1.807, 2.05) is 0 Å². The third-order valence-corrected chi connectivity index (χ3v) is 10.4. The number of carbonyl (C=O) groups is 8. The fourth-order valence-electron chi connectivity index (χ4n) is 7.40. The molecule has 5 atom stereocenters. The number of carbonyl (C=O) groups excluding carboxylic acids is 8. The number of alkyl carbamates (subject to hydrolysis) is 1. The molecule has 3 aliphatic rings. The maximum Gasteiger partial charge on any atom is 0.410 e. The van der Waals surface area contributed by atoms with Crippen LogP contribution in [0.5, 0.6) is 0 Å². The summed E-state index contributed by atoms with van der Waals surface area (Å²) < 4.78 is 21.5. The van der Waals surface area contributed by atoms with E-state index in [0.29, 0.717) is 62.7 Å². The summed E-state index contributed by atoms with van der Waals surface area (Å²) in [5.74, 6) is -3.83. The first-order chi connectivity index (χ1) is 28.6. The van der Waals surface area contributed by atoms with Gasteiger partial charge in [0.1, 0.15) is 43.0 Å². The van der Waals surface area contributed by atoms with Crippen molar-refractivity contribution in [3.63, 3.8) is 0 Å². The third kappa shape index (κ3) is 12.3. The van der Waals surface area contributed by atoms with Crippen LogP contribution in [0.2, 0.25) is 0 Å². The number of likely N-dealkylation sites (tertiary alicyclic amines) is 3. The van der Waals surface area contributed by atoms with Crippen LogP contribution >= 0.6 is 0 Å². The molecule has 0 unspecified atom stereocenters. The van der Waals surface area contributed by atoms with Gasteiger partial charge in [-0.1, -0.05) is 60.7 Å². The second-order valence-electron chi connectivity index (χ2n) is 16.1. The number of ketones is 1. The average Bonchev–Trinajstić information content (AvgIpc) is 3.94. The molecule has 17 nitrogen and oxygen atoms in total. The fourth-order valence-corrected chi connectivity index (χ4v) is 7.40. The lowest BCUT2D eigenvalue weighted by atomic mass is 9.99. The van der Waals surface area contributed by atoms with Crippen LogP contribution in [0.25, 0.3) is 0 Å². The van der Waals surface area contributed by atoms with E-state index in [1.165, 1.54) is 21.6 Å². The van der Waals surface area contributed by atoms with Gasteiger partial charge in [-0.05, 0) is 78.2 Å². The van der Waals surface area contributed by atoms with Crippen molar-refractivity contribution >= 4 is 47.6 Å². The Morgan fingerprint density at radius 3 is 2.00 bits per heavy atom. The van der Waals surface area contributed by atoms with Gasteiger partial charge >= 0.3 is 24.1 Å². The second-order valence-corrected chi connectivity index (χ2v) is 16.1. The normalized spacial score (nSPS) is 20.0. The SMILES string of the molecule is C[C@H](NC(=O)[C@@H]1CCCCN1C(=O)[C@@H]1CCCN1C(=O)OC(C)(C)C)C(=O)N1CCC[C@H]1C(=O)OC[C@H](NC(=O)OCc1ccccc1)C(=O)OCC(=O)c1ccccc1. The van der Waals surface area contributed by atoms with Gasteiger partial charge < -0.3 is 39.4 Å². The van der Waals surface area contributed by atoms with Crippen molar-refractivity contribution in [3.8, 4) is 0 Å². The number of piperidine rings is 1. The van der Waals surface area contributed by atoms with Gasteiger partial charge in [0.05, 0.1) is 0 Å². The van der Waals surface area contributed by atoms with E-state index in [0.717, 1.165) is 0 Å². The molecule has 3 fully saturated rings. The van der Waals surface area contributed by atoms with Gasteiger partial charge in [0.25, 0.3) is 0 Å². The average molecular weight is 834 g/mol. The van der Waals surface area contributed by atoms with E-state index in [2.05, 4.69) is 10.6 Å². The zero-order valence-corrected chi connectivity index (χ0v) is 34.6. The van der Waals surface area contributed by atoms with Gasteiger partial charge in [0.2, 0.25) is 17.7 Å². The highest BCUT2D eigenvalue weighted by atomic mass is 16.6. The Kier molecular flexibility index (Phi) is 15.6. The highest BCUT2D eigenvalue weighted by Crippen LogP contribution is 2.27. The molecule has 3 heterocycles. The lowest BCUT2D eigenvalue weighted by Gasteiger charge is -2.38. The number of nitrogens with one attached hydrogen (secondary N) is 2. The third-order valence-electron chi connectivity index (χ3n) is 10.4. The Hall–Kier alpha value is -6.00. The number of rotatable bonds is 14. The molecule has 3 saturated heterocycles. The van der Waals surface area contributed by atoms with Gasteiger partial charge in [0, 0.05) is 25.2 Å². The largest absolute Gasteiger partial charge is 0.461 e. The number of esters is 2. The highest BCUT2D eigenvalue weighted by Gasteiger charge is 2.44. The molecule has 0 saturated carbocycles. The van der Waals surface area contributed by atoms with Crippen LogP contribution < -0.4 is 10.6 Å². The van der Waals surface area contributed by atoms with Gasteiger partial charge in [0.15, 0.2) is 18.4 Å². The molecule has 324 valence electrons. The number of ether oxygens (including phenoxy) is 4. The zero-order chi connectivity index (χ0) is 43.4. The lowest BCUT2D eigenvalue weighted by Crippen LogP contribution is -2.59. The maximum atomic E-state index is 13.9.